The van der Waals surface area contributed by atoms with E-state index in [4.69, 9.17) is 4.74 Å². The van der Waals surface area contributed by atoms with E-state index in [2.05, 4.69) is 6.58 Å². The van der Waals surface area contributed by atoms with Crippen LogP contribution in [0.2, 0.25) is 0 Å². The smallest absolute Gasteiger partial charge is 0.340 e. The zero-order valence-corrected chi connectivity index (χ0v) is 17.2. The molecule has 0 saturated heterocycles. The average molecular weight is 408 g/mol. The first-order valence-corrected chi connectivity index (χ1v) is 9.52. The number of hydrogen-bond acceptors (Lipinski definition) is 6. The molecule has 1 heterocycles. The van der Waals surface area contributed by atoms with Crippen molar-refractivity contribution in [3.05, 3.63) is 88.0 Å². The molecule has 0 fully saturated rings. The monoisotopic (exact) mass is 408 g/mol. The van der Waals surface area contributed by atoms with E-state index in [1.165, 1.54) is 12.1 Å². The Morgan fingerprint density at radius 1 is 1.27 bits per heavy atom. The van der Waals surface area contributed by atoms with Gasteiger partial charge in [0, 0.05) is 29.9 Å². The zero-order chi connectivity index (χ0) is 22.1. The standard InChI is InChI=1S/C23H24N2O5/c1-5-13-24-18-12-11-16(25(28)29)14-17(18)21(26)19(22(27)30-23(2,3)4)20(24)15-9-7-6-8-10-15/h5-12,14,20,26H,1,13H2,2-4H3. The summed E-state index contributed by atoms with van der Waals surface area (Å²) in [4.78, 5) is 25.8. The molecule has 156 valence electrons. The number of rotatable bonds is 5. The van der Waals surface area contributed by atoms with Crippen molar-refractivity contribution in [1.82, 2.24) is 0 Å². The second-order valence-corrected chi connectivity index (χ2v) is 7.98. The van der Waals surface area contributed by atoms with Gasteiger partial charge in [-0.3, -0.25) is 10.1 Å². The van der Waals surface area contributed by atoms with Gasteiger partial charge in [0.2, 0.25) is 0 Å². The molecule has 7 nitrogen and oxygen atoms in total. The SMILES string of the molecule is C=CCN1c2ccc([N+](=O)[O-])cc2C(O)=C(C(=O)OC(C)(C)C)C1c1ccccc1. The number of carbonyl (C=O) groups excluding carboxylic acids is 1. The van der Waals surface area contributed by atoms with Crippen molar-refractivity contribution in [2.24, 2.45) is 0 Å². The van der Waals surface area contributed by atoms with Crippen LogP contribution in [0, 0.1) is 10.1 Å². The number of ether oxygens (including phenoxy) is 1. The number of nitrogens with zero attached hydrogens (tertiary/aromatic N) is 2. The predicted molar refractivity (Wildman–Crippen MR) is 115 cm³/mol. The van der Waals surface area contributed by atoms with E-state index in [9.17, 15) is 20.0 Å². The molecule has 30 heavy (non-hydrogen) atoms. The summed E-state index contributed by atoms with van der Waals surface area (Å²) in [6.07, 6.45) is 1.68. The first-order chi connectivity index (χ1) is 14.1. The Morgan fingerprint density at radius 2 is 1.93 bits per heavy atom. The number of fused-ring (bicyclic) bond motifs is 1. The van der Waals surface area contributed by atoms with Gasteiger partial charge in [0.05, 0.1) is 11.0 Å². The summed E-state index contributed by atoms with van der Waals surface area (Å²) in [6.45, 7) is 9.37. The van der Waals surface area contributed by atoms with E-state index in [-0.39, 0.29) is 22.6 Å². The molecule has 1 N–H and O–H groups in total. The largest absolute Gasteiger partial charge is 0.507 e. The zero-order valence-electron chi connectivity index (χ0n) is 17.2. The minimum atomic E-state index is -0.780. The van der Waals surface area contributed by atoms with Gasteiger partial charge in [-0.1, -0.05) is 36.4 Å². The highest BCUT2D eigenvalue weighted by atomic mass is 16.6. The van der Waals surface area contributed by atoms with Crippen LogP contribution in [-0.4, -0.2) is 28.1 Å². The van der Waals surface area contributed by atoms with Crippen LogP contribution in [0.25, 0.3) is 5.76 Å². The summed E-state index contributed by atoms with van der Waals surface area (Å²) in [5.74, 6) is -1.00. The van der Waals surface area contributed by atoms with Crippen molar-refractivity contribution in [2.45, 2.75) is 32.4 Å². The van der Waals surface area contributed by atoms with Gasteiger partial charge in [-0.25, -0.2) is 4.79 Å². The molecule has 3 rings (SSSR count). The van der Waals surface area contributed by atoms with E-state index in [1.807, 2.05) is 35.2 Å². The van der Waals surface area contributed by atoms with Crippen molar-refractivity contribution in [2.75, 3.05) is 11.4 Å². The molecule has 0 saturated carbocycles. The van der Waals surface area contributed by atoms with E-state index in [0.717, 1.165) is 5.56 Å². The van der Waals surface area contributed by atoms with Crippen molar-refractivity contribution in [3.8, 4) is 0 Å². The van der Waals surface area contributed by atoms with E-state index >= 15 is 0 Å². The van der Waals surface area contributed by atoms with Gasteiger partial charge >= 0.3 is 5.97 Å². The van der Waals surface area contributed by atoms with Crippen LogP contribution in [0.4, 0.5) is 11.4 Å². The Morgan fingerprint density at radius 3 is 2.50 bits per heavy atom. The summed E-state index contributed by atoms with van der Waals surface area (Å²) < 4.78 is 5.58. The van der Waals surface area contributed by atoms with Gasteiger partial charge in [0.15, 0.2) is 0 Å². The number of esters is 1. The van der Waals surface area contributed by atoms with Gasteiger partial charge in [-0.05, 0) is 32.4 Å². The van der Waals surface area contributed by atoms with Crippen molar-refractivity contribution < 1.29 is 19.6 Å². The minimum Gasteiger partial charge on any atom is -0.507 e. The minimum absolute atomic E-state index is 0.0333. The maximum absolute atomic E-state index is 13.2. The summed E-state index contributed by atoms with van der Waals surface area (Å²) in [5, 5.41) is 22.4. The normalized spacial score (nSPS) is 16.1. The van der Waals surface area contributed by atoms with Crippen LogP contribution in [0.1, 0.15) is 37.9 Å². The number of non-ortho nitro benzene ring substituents is 1. The third-order valence-electron chi connectivity index (χ3n) is 4.66. The number of aliphatic hydroxyl groups is 1. The highest BCUT2D eigenvalue weighted by Crippen LogP contribution is 2.45. The molecule has 0 bridgehead atoms. The second kappa shape index (κ2) is 8.02. The maximum atomic E-state index is 13.2. The quantitative estimate of drug-likeness (QED) is 0.326. The molecule has 0 radical (unpaired) electrons. The van der Waals surface area contributed by atoms with Crippen LogP contribution in [0.15, 0.2) is 66.8 Å². The highest BCUT2D eigenvalue weighted by Gasteiger charge is 2.40. The number of carbonyl (C=O) groups is 1. The molecule has 2 aromatic carbocycles. The molecule has 7 heteroatoms. The van der Waals surface area contributed by atoms with Gasteiger partial charge in [0.1, 0.15) is 16.9 Å². The van der Waals surface area contributed by atoms with Crippen LogP contribution < -0.4 is 4.90 Å². The molecule has 1 aliphatic rings. The van der Waals surface area contributed by atoms with Crippen molar-refractivity contribution in [3.63, 3.8) is 0 Å². The Balaban J connectivity index is 2.29. The molecule has 1 atom stereocenters. The Bertz CT molecular complexity index is 1020. The molecule has 0 aliphatic carbocycles. The van der Waals surface area contributed by atoms with E-state index in [0.29, 0.717) is 12.2 Å². The Kier molecular flexibility index (Phi) is 5.64. The van der Waals surface area contributed by atoms with Crippen LogP contribution in [0.3, 0.4) is 0 Å². The molecule has 1 aliphatic heterocycles. The van der Waals surface area contributed by atoms with Gasteiger partial charge in [-0.2, -0.15) is 0 Å². The maximum Gasteiger partial charge on any atom is 0.340 e. The molecule has 0 amide bonds. The Labute approximate surface area is 175 Å². The number of benzene rings is 2. The van der Waals surface area contributed by atoms with Crippen molar-refractivity contribution >= 4 is 23.1 Å². The first kappa shape index (κ1) is 21.1. The number of anilines is 1. The fourth-order valence-electron chi connectivity index (χ4n) is 3.51. The summed E-state index contributed by atoms with van der Waals surface area (Å²) in [7, 11) is 0. The third-order valence-corrected chi connectivity index (χ3v) is 4.66. The average Bonchev–Trinajstić information content (AvgIpc) is 2.68. The lowest BCUT2D eigenvalue weighted by Gasteiger charge is -2.39. The van der Waals surface area contributed by atoms with Crippen LogP contribution >= 0.6 is 0 Å². The Hall–Kier alpha value is -3.61. The fourth-order valence-corrected chi connectivity index (χ4v) is 3.51. The second-order valence-electron chi connectivity index (χ2n) is 7.98. The fraction of sp³-hybridized carbons (Fsp3) is 0.261. The highest BCUT2D eigenvalue weighted by molar-refractivity contribution is 6.02. The van der Waals surface area contributed by atoms with Crippen molar-refractivity contribution in [1.29, 1.82) is 0 Å². The third kappa shape index (κ3) is 4.05. The summed E-state index contributed by atoms with van der Waals surface area (Å²) in [6, 6.07) is 12.8. The van der Waals surface area contributed by atoms with Crippen LogP contribution in [-0.2, 0) is 9.53 Å². The molecule has 0 aromatic heterocycles. The molecule has 1 unspecified atom stereocenters. The molecular formula is C23H24N2O5. The summed E-state index contributed by atoms with van der Waals surface area (Å²) in [5.41, 5.74) is 0.623. The molecule has 0 spiro atoms. The number of nitro benzene ring substituents is 1. The number of aliphatic hydroxyl groups excluding tert-OH is 1. The number of nitro groups is 1. The van der Waals surface area contributed by atoms with Gasteiger partial charge in [0.25, 0.3) is 5.69 Å². The lowest BCUT2D eigenvalue weighted by atomic mass is 9.88. The summed E-state index contributed by atoms with van der Waals surface area (Å²) >= 11 is 0. The van der Waals surface area contributed by atoms with Gasteiger partial charge < -0.3 is 14.7 Å². The molecular weight excluding hydrogens is 384 g/mol. The van der Waals surface area contributed by atoms with E-state index < -0.39 is 22.5 Å². The number of hydrogen-bond donors (Lipinski definition) is 1. The lowest BCUT2D eigenvalue weighted by Crippen LogP contribution is -2.38. The lowest BCUT2D eigenvalue weighted by molar-refractivity contribution is -0.384. The predicted octanol–water partition coefficient (Wildman–Crippen LogP) is 4.95. The van der Waals surface area contributed by atoms with Crippen LogP contribution in [0.5, 0.6) is 0 Å². The van der Waals surface area contributed by atoms with E-state index in [1.54, 1.807) is 32.9 Å². The van der Waals surface area contributed by atoms with Gasteiger partial charge in [-0.15, -0.1) is 6.58 Å². The first-order valence-electron chi connectivity index (χ1n) is 9.52. The topological polar surface area (TPSA) is 92.9 Å². The molecule has 2 aromatic rings.